The molecule has 11 heavy (non-hydrogen) atoms. The molecule has 0 bridgehead atoms. The lowest BCUT2D eigenvalue weighted by Gasteiger charge is -2.32. The first kappa shape index (κ1) is 9.36. The van der Waals surface area contributed by atoms with Crippen molar-refractivity contribution in [3.05, 3.63) is 0 Å². The summed E-state index contributed by atoms with van der Waals surface area (Å²) in [6, 6.07) is 0. The standard InChI is InChI=1S/C8H17NOS/c1-8(6-9,10-2)7-3-4-11-5-7/h7H,3-6,9H2,1-2H3. The minimum atomic E-state index is -0.0799. The van der Waals surface area contributed by atoms with Crippen molar-refractivity contribution in [2.24, 2.45) is 11.7 Å². The van der Waals surface area contributed by atoms with Gasteiger partial charge in [0.1, 0.15) is 0 Å². The second-order valence-corrected chi connectivity index (χ2v) is 4.43. The first-order valence-electron chi connectivity index (χ1n) is 4.06. The highest BCUT2D eigenvalue weighted by molar-refractivity contribution is 7.99. The molecule has 1 heterocycles. The first-order chi connectivity index (χ1) is 5.23. The molecule has 0 amide bonds. The molecule has 0 radical (unpaired) electrons. The number of thioether (sulfide) groups is 1. The van der Waals surface area contributed by atoms with Crippen LogP contribution in [0.2, 0.25) is 0 Å². The van der Waals surface area contributed by atoms with Crippen LogP contribution >= 0.6 is 11.8 Å². The van der Waals surface area contributed by atoms with E-state index in [1.54, 1.807) is 7.11 Å². The van der Waals surface area contributed by atoms with Gasteiger partial charge in [-0.05, 0) is 30.8 Å². The van der Waals surface area contributed by atoms with E-state index < -0.39 is 0 Å². The van der Waals surface area contributed by atoms with Crippen LogP contribution in [-0.4, -0.2) is 30.8 Å². The lowest BCUT2D eigenvalue weighted by atomic mass is 9.88. The number of hydrogen-bond donors (Lipinski definition) is 1. The van der Waals surface area contributed by atoms with Crippen LogP contribution in [-0.2, 0) is 4.74 Å². The third-order valence-corrected chi connectivity index (χ3v) is 3.83. The third-order valence-electron chi connectivity index (χ3n) is 2.66. The lowest BCUT2D eigenvalue weighted by molar-refractivity contribution is -0.0273. The van der Waals surface area contributed by atoms with E-state index >= 15 is 0 Å². The Kier molecular flexibility index (Phi) is 3.22. The normalized spacial score (nSPS) is 30.3. The van der Waals surface area contributed by atoms with Gasteiger partial charge < -0.3 is 10.5 Å². The molecule has 3 heteroatoms. The molecule has 0 spiro atoms. The van der Waals surface area contributed by atoms with Gasteiger partial charge in [-0.1, -0.05) is 0 Å². The molecule has 0 aliphatic carbocycles. The lowest BCUT2D eigenvalue weighted by Crippen LogP contribution is -2.44. The summed E-state index contributed by atoms with van der Waals surface area (Å²) in [4.78, 5) is 0. The molecule has 1 aliphatic rings. The molecule has 2 unspecified atom stereocenters. The zero-order valence-electron chi connectivity index (χ0n) is 7.30. The van der Waals surface area contributed by atoms with E-state index in [0.717, 1.165) is 0 Å². The Balaban J connectivity index is 2.52. The molecule has 0 aromatic carbocycles. The zero-order chi connectivity index (χ0) is 8.32. The van der Waals surface area contributed by atoms with E-state index in [-0.39, 0.29) is 5.60 Å². The Morgan fingerprint density at radius 2 is 2.45 bits per heavy atom. The minimum Gasteiger partial charge on any atom is -0.377 e. The predicted molar refractivity (Wildman–Crippen MR) is 49.9 cm³/mol. The zero-order valence-corrected chi connectivity index (χ0v) is 8.12. The van der Waals surface area contributed by atoms with Crippen molar-refractivity contribution in [2.75, 3.05) is 25.2 Å². The smallest absolute Gasteiger partial charge is 0.0808 e. The van der Waals surface area contributed by atoms with Gasteiger partial charge in [0.2, 0.25) is 0 Å². The molecule has 1 aliphatic heterocycles. The molecule has 66 valence electrons. The largest absolute Gasteiger partial charge is 0.377 e. The summed E-state index contributed by atoms with van der Waals surface area (Å²) in [7, 11) is 1.76. The summed E-state index contributed by atoms with van der Waals surface area (Å²) in [6.07, 6.45) is 1.26. The molecule has 1 rings (SSSR count). The number of rotatable bonds is 3. The van der Waals surface area contributed by atoms with Gasteiger partial charge >= 0.3 is 0 Å². The van der Waals surface area contributed by atoms with Crippen LogP contribution in [0.4, 0.5) is 0 Å². The van der Waals surface area contributed by atoms with Crippen LogP contribution in [0.3, 0.4) is 0 Å². The van der Waals surface area contributed by atoms with E-state index in [1.807, 2.05) is 11.8 Å². The van der Waals surface area contributed by atoms with Crippen molar-refractivity contribution in [2.45, 2.75) is 18.9 Å². The van der Waals surface area contributed by atoms with Crippen LogP contribution in [0, 0.1) is 5.92 Å². The Bertz CT molecular complexity index is 119. The Morgan fingerprint density at radius 3 is 2.82 bits per heavy atom. The fraction of sp³-hybridized carbons (Fsp3) is 1.00. The molecule has 1 saturated heterocycles. The van der Waals surface area contributed by atoms with Crippen molar-refractivity contribution in [1.82, 2.24) is 0 Å². The number of ether oxygens (including phenoxy) is 1. The monoisotopic (exact) mass is 175 g/mol. The van der Waals surface area contributed by atoms with Gasteiger partial charge in [0.15, 0.2) is 0 Å². The maximum absolute atomic E-state index is 5.66. The van der Waals surface area contributed by atoms with Crippen molar-refractivity contribution >= 4 is 11.8 Å². The van der Waals surface area contributed by atoms with Crippen molar-refractivity contribution in [1.29, 1.82) is 0 Å². The SMILES string of the molecule is COC(C)(CN)C1CCSC1. The molecule has 2 N–H and O–H groups in total. The topological polar surface area (TPSA) is 35.2 Å². The van der Waals surface area contributed by atoms with E-state index in [0.29, 0.717) is 12.5 Å². The van der Waals surface area contributed by atoms with Gasteiger partial charge in [-0.25, -0.2) is 0 Å². The predicted octanol–water partition coefficient (Wildman–Crippen LogP) is 1.10. The number of nitrogens with two attached hydrogens (primary N) is 1. The highest BCUT2D eigenvalue weighted by Crippen LogP contribution is 2.33. The van der Waals surface area contributed by atoms with Crippen LogP contribution in [0.15, 0.2) is 0 Å². The fourth-order valence-corrected chi connectivity index (χ4v) is 2.85. The summed E-state index contributed by atoms with van der Waals surface area (Å²) < 4.78 is 5.43. The summed E-state index contributed by atoms with van der Waals surface area (Å²) in [5.74, 6) is 3.13. The van der Waals surface area contributed by atoms with E-state index in [2.05, 4.69) is 6.92 Å². The highest BCUT2D eigenvalue weighted by Gasteiger charge is 2.34. The summed E-state index contributed by atoms with van der Waals surface area (Å²) in [5, 5.41) is 0. The van der Waals surface area contributed by atoms with Crippen LogP contribution in [0.25, 0.3) is 0 Å². The second kappa shape index (κ2) is 3.78. The quantitative estimate of drug-likeness (QED) is 0.697. The molecule has 0 aromatic heterocycles. The number of hydrogen-bond acceptors (Lipinski definition) is 3. The number of methoxy groups -OCH3 is 1. The average Bonchev–Trinajstić information content (AvgIpc) is 2.55. The Hall–Kier alpha value is 0.270. The van der Waals surface area contributed by atoms with Gasteiger partial charge in [-0.2, -0.15) is 11.8 Å². The summed E-state index contributed by atoms with van der Waals surface area (Å²) in [5.41, 5.74) is 5.58. The first-order valence-corrected chi connectivity index (χ1v) is 5.21. The van der Waals surface area contributed by atoms with Crippen LogP contribution in [0.5, 0.6) is 0 Å². The summed E-state index contributed by atoms with van der Waals surface area (Å²) in [6.45, 7) is 2.75. The highest BCUT2D eigenvalue weighted by atomic mass is 32.2. The van der Waals surface area contributed by atoms with Crippen molar-refractivity contribution < 1.29 is 4.74 Å². The molecule has 2 atom stereocenters. The van der Waals surface area contributed by atoms with E-state index in [4.69, 9.17) is 10.5 Å². The van der Waals surface area contributed by atoms with Gasteiger partial charge in [-0.3, -0.25) is 0 Å². The van der Waals surface area contributed by atoms with Gasteiger partial charge in [0, 0.05) is 13.7 Å². The minimum absolute atomic E-state index is 0.0799. The molecule has 2 nitrogen and oxygen atoms in total. The molecular formula is C8H17NOS. The molecule has 0 aromatic rings. The van der Waals surface area contributed by atoms with Crippen molar-refractivity contribution in [3.63, 3.8) is 0 Å². The van der Waals surface area contributed by atoms with Gasteiger partial charge in [0.25, 0.3) is 0 Å². The fourth-order valence-electron chi connectivity index (χ4n) is 1.43. The van der Waals surface area contributed by atoms with E-state index in [9.17, 15) is 0 Å². The van der Waals surface area contributed by atoms with Crippen LogP contribution < -0.4 is 5.73 Å². The molecular weight excluding hydrogens is 158 g/mol. The summed E-state index contributed by atoms with van der Waals surface area (Å²) >= 11 is 2.00. The van der Waals surface area contributed by atoms with Gasteiger partial charge in [-0.15, -0.1) is 0 Å². The van der Waals surface area contributed by atoms with Crippen LogP contribution in [0.1, 0.15) is 13.3 Å². The maximum atomic E-state index is 5.66. The van der Waals surface area contributed by atoms with Crippen molar-refractivity contribution in [3.8, 4) is 0 Å². The third kappa shape index (κ3) is 1.89. The van der Waals surface area contributed by atoms with E-state index in [1.165, 1.54) is 17.9 Å². The Labute approximate surface area is 72.9 Å². The Morgan fingerprint density at radius 1 is 1.73 bits per heavy atom. The second-order valence-electron chi connectivity index (χ2n) is 3.28. The average molecular weight is 175 g/mol. The molecule has 1 fully saturated rings. The molecule has 0 saturated carbocycles. The van der Waals surface area contributed by atoms with Gasteiger partial charge in [0.05, 0.1) is 5.60 Å². The maximum Gasteiger partial charge on any atom is 0.0808 e.